The van der Waals surface area contributed by atoms with Crippen molar-refractivity contribution in [3.63, 3.8) is 0 Å². The molecule has 6 nitrogen and oxygen atoms in total. The fourth-order valence-corrected chi connectivity index (χ4v) is 6.15. The van der Waals surface area contributed by atoms with Crippen LogP contribution in [0.5, 0.6) is 11.5 Å². The van der Waals surface area contributed by atoms with Gasteiger partial charge in [-0.25, -0.2) is 0 Å². The van der Waals surface area contributed by atoms with Gasteiger partial charge in [-0.15, -0.1) is 0 Å². The van der Waals surface area contributed by atoms with Gasteiger partial charge in [-0.1, -0.05) is 24.3 Å². The third-order valence-corrected chi connectivity index (χ3v) is 8.26. The predicted molar refractivity (Wildman–Crippen MR) is 175 cm³/mol. The van der Waals surface area contributed by atoms with Crippen LogP contribution >= 0.6 is 12.2 Å². The molecule has 42 heavy (non-hydrogen) atoms. The van der Waals surface area contributed by atoms with Gasteiger partial charge in [0.2, 0.25) is 0 Å². The van der Waals surface area contributed by atoms with Crippen LogP contribution in [0.25, 0.3) is 5.69 Å². The normalized spacial score (nSPS) is 16.4. The summed E-state index contributed by atoms with van der Waals surface area (Å²) in [6.45, 7) is 6.40. The number of hydrogen-bond donors (Lipinski definition) is 1. The molecular weight excluding hydrogens is 538 g/mol. The largest absolute Gasteiger partial charge is 0.457 e. The molecule has 2 aromatic heterocycles. The van der Waals surface area contributed by atoms with E-state index in [1.54, 1.807) is 0 Å². The van der Waals surface area contributed by atoms with Crippen molar-refractivity contribution in [3.8, 4) is 17.2 Å². The standard InChI is InChI=1S/C35H35N5OS/c1-23-10-6-7-12-32(23)41-29-19-17-28(18-20-29)40-34(33(37-35(40)42)31-11-8-9-21-36-31)30-22-24(2)39(25(30)3)27-15-13-26(14-16-27)38(4)5/h6-22,33-34H,1-5H3,(H,37,42)/t33-,34+/m0/s1. The number of pyridine rings is 1. The van der Waals surface area contributed by atoms with Crippen molar-refractivity contribution >= 4 is 28.7 Å². The van der Waals surface area contributed by atoms with Crippen molar-refractivity contribution in [3.05, 3.63) is 131 Å². The van der Waals surface area contributed by atoms with Gasteiger partial charge in [-0.05, 0) is 117 Å². The molecule has 6 rings (SSSR count). The molecule has 1 aliphatic rings. The van der Waals surface area contributed by atoms with Gasteiger partial charge in [0.15, 0.2) is 5.11 Å². The minimum atomic E-state index is -0.119. The summed E-state index contributed by atoms with van der Waals surface area (Å²) in [5, 5.41) is 4.26. The highest BCUT2D eigenvalue weighted by Gasteiger charge is 2.42. The van der Waals surface area contributed by atoms with Crippen LogP contribution < -0.4 is 19.9 Å². The van der Waals surface area contributed by atoms with E-state index in [1.165, 1.54) is 22.6 Å². The summed E-state index contributed by atoms with van der Waals surface area (Å²) >= 11 is 5.99. The molecule has 3 heterocycles. The van der Waals surface area contributed by atoms with E-state index in [1.807, 2.05) is 61.7 Å². The van der Waals surface area contributed by atoms with Crippen molar-refractivity contribution in [2.75, 3.05) is 23.9 Å². The molecule has 7 heteroatoms. The molecule has 0 radical (unpaired) electrons. The Morgan fingerprint density at radius 1 is 0.833 bits per heavy atom. The topological polar surface area (TPSA) is 45.6 Å². The second-order valence-corrected chi connectivity index (χ2v) is 11.3. The first-order valence-electron chi connectivity index (χ1n) is 14.1. The summed E-state index contributed by atoms with van der Waals surface area (Å²) in [7, 11) is 4.12. The molecule has 3 aromatic carbocycles. The fourth-order valence-electron chi connectivity index (χ4n) is 5.81. The first kappa shape index (κ1) is 27.5. The van der Waals surface area contributed by atoms with Gasteiger partial charge in [0, 0.05) is 48.7 Å². The van der Waals surface area contributed by atoms with Gasteiger partial charge in [0.05, 0.1) is 17.8 Å². The highest BCUT2D eigenvalue weighted by atomic mass is 32.1. The van der Waals surface area contributed by atoms with E-state index >= 15 is 0 Å². The quantitative estimate of drug-likeness (QED) is 0.200. The molecule has 0 bridgehead atoms. The van der Waals surface area contributed by atoms with Crippen molar-refractivity contribution in [1.82, 2.24) is 14.9 Å². The first-order valence-corrected chi connectivity index (χ1v) is 14.5. The predicted octanol–water partition coefficient (Wildman–Crippen LogP) is 7.83. The molecule has 212 valence electrons. The van der Waals surface area contributed by atoms with Gasteiger partial charge < -0.3 is 24.4 Å². The third-order valence-electron chi connectivity index (χ3n) is 7.95. The average molecular weight is 574 g/mol. The molecule has 0 aliphatic carbocycles. The zero-order valence-electron chi connectivity index (χ0n) is 24.6. The molecule has 0 saturated carbocycles. The second kappa shape index (κ2) is 11.3. The summed E-state index contributed by atoms with van der Waals surface area (Å²) in [6, 6.07) is 33.0. The Bertz CT molecular complexity index is 1710. The zero-order valence-corrected chi connectivity index (χ0v) is 25.4. The summed E-state index contributed by atoms with van der Waals surface area (Å²) in [6.07, 6.45) is 1.84. The summed E-state index contributed by atoms with van der Waals surface area (Å²) in [4.78, 5) is 9.06. The number of nitrogens with zero attached hydrogens (tertiary/aromatic N) is 4. The molecule has 0 spiro atoms. The van der Waals surface area contributed by atoms with E-state index in [0.29, 0.717) is 5.11 Å². The summed E-state index contributed by atoms with van der Waals surface area (Å²) in [5.41, 5.74) is 8.88. The van der Waals surface area contributed by atoms with Crippen LogP contribution in [0.4, 0.5) is 11.4 Å². The Labute approximate surface area is 253 Å². The fraction of sp³-hybridized carbons (Fsp3) is 0.200. The molecule has 1 N–H and O–H groups in total. The van der Waals surface area contributed by atoms with Crippen molar-refractivity contribution < 1.29 is 4.74 Å². The van der Waals surface area contributed by atoms with Crippen LogP contribution in [0.15, 0.2) is 103 Å². The van der Waals surface area contributed by atoms with E-state index in [9.17, 15) is 0 Å². The molecule has 0 amide bonds. The minimum absolute atomic E-state index is 0.100. The number of rotatable bonds is 7. The Kier molecular flexibility index (Phi) is 7.43. The van der Waals surface area contributed by atoms with Crippen molar-refractivity contribution in [1.29, 1.82) is 0 Å². The van der Waals surface area contributed by atoms with Gasteiger partial charge in [0.1, 0.15) is 11.5 Å². The Hall–Kier alpha value is -4.62. The van der Waals surface area contributed by atoms with Crippen molar-refractivity contribution in [2.45, 2.75) is 32.9 Å². The number of thiocarbonyl (C=S) groups is 1. The zero-order chi connectivity index (χ0) is 29.4. The molecule has 1 aliphatic heterocycles. The number of aryl methyl sites for hydroxylation is 2. The van der Waals surface area contributed by atoms with E-state index < -0.39 is 0 Å². The number of anilines is 2. The lowest BCUT2D eigenvalue weighted by Crippen LogP contribution is -2.29. The van der Waals surface area contributed by atoms with Gasteiger partial charge in [-0.2, -0.15) is 0 Å². The molecule has 2 atom stereocenters. The maximum absolute atomic E-state index is 6.18. The first-order chi connectivity index (χ1) is 20.3. The summed E-state index contributed by atoms with van der Waals surface area (Å²) < 4.78 is 8.50. The number of aromatic nitrogens is 2. The van der Waals surface area contributed by atoms with Crippen LogP contribution in [-0.4, -0.2) is 28.8 Å². The monoisotopic (exact) mass is 573 g/mol. The Morgan fingerprint density at radius 3 is 2.19 bits per heavy atom. The van der Waals surface area contributed by atoms with E-state index in [4.69, 9.17) is 21.9 Å². The number of ether oxygens (including phenoxy) is 1. The average Bonchev–Trinajstić information content (AvgIpc) is 3.49. The van der Waals surface area contributed by atoms with E-state index in [2.05, 4.69) is 96.2 Å². The van der Waals surface area contributed by atoms with Gasteiger partial charge in [-0.3, -0.25) is 4.98 Å². The molecular formula is C35H35N5OS. The molecule has 1 saturated heterocycles. The number of nitrogens with one attached hydrogen (secondary N) is 1. The molecule has 5 aromatic rings. The van der Waals surface area contributed by atoms with Crippen LogP contribution in [-0.2, 0) is 0 Å². The maximum atomic E-state index is 6.18. The van der Waals surface area contributed by atoms with E-state index in [-0.39, 0.29) is 12.1 Å². The van der Waals surface area contributed by atoms with Crippen LogP contribution in [0.1, 0.15) is 40.3 Å². The number of hydrogen-bond acceptors (Lipinski definition) is 4. The maximum Gasteiger partial charge on any atom is 0.174 e. The smallest absolute Gasteiger partial charge is 0.174 e. The Balaban J connectivity index is 1.40. The third kappa shape index (κ3) is 5.12. The lowest BCUT2D eigenvalue weighted by molar-refractivity contribution is 0.479. The van der Waals surface area contributed by atoms with Crippen LogP contribution in [0.3, 0.4) is 0 Å². The Morgan fingerprint density at radius 2 is 1.52 bits per heavy atom. The van der Waals surface area contributed by atoms with Gasteiger partial charge in [0.25, 0.3) is 0 Å². The van der Waals surface area contributed by atoms with Crippen LogP contribution in [0.2, 0.25) is 0 Å². The number of para-hydroxylation sites is 1. The van der Waals surface area contributed by atoms with Crippen molar-refractivity contribution in [2.24, 2.45) is 0 Å². The summed E-state index contributed by atoms with van der Waals surface area (Å²) in [5.74, 6) is 1.63. The number of benzene rings is 3. The van der Waals surface area contributed by atoms with Crippen LogP contribution in [0, 0.1) is 20.8 Å². The lowest BCUT2D eigenvalue weighted by atomic mass is 9.96. The van der Waals surface area contributed by atoms with E-state index in [0.717, 1.165) is 34.1 Å². The molecule has 1 fully saturated rings. The highest BCUT2D eigenvalue weighted by molar-refractivity contribution is 7.80. The molecule has 0 unspecified atom stereocenters. The van der Waals surface area contributed by atoms with Gasteiger partial charge >= 0.3 is 0 Å². The highest BCUT2D eigenvalue weighted by Crippen LogP contribution is 2.44. The SMILES string of the molecule is Cc1ccccc1Oc1ccc(N2C(=S)N[C@@H](c3ccccn3)[C@H]2c2cc(C)n(-c3ccc(N(C)C)cc3)c2C)cc1. The minimum Gasteiger partial charge on any atom is -0.457 e. The second-order valence-electron chi connectivity index (χ2n) is 10.9. The lowest BCUT2D eigenvalue weighted by Gasteiger charge is -2.28.